The van der Waals surface area contributed by atoms with Crippen molar-refractivity contribution >= 4 is 48.9 Å². The number of anilines is 1. The SMILES string of the molecule is CCCC1=C2[C@@H](CC/C(=C/c3ccc(O)c(F)c3)c3ccccc3)OB(O)C[C@@H]2[C@@H]2C(=O)N(c3cccc(B(O)O)c3)C(=O)[C@@H]2C1. The van der Waals surface area contributed by atoms with E-state index in [2.05, 4.69) is 6.92 Å². The number of imide groups is 1. The predicted molar refractivity (Wildman–Crippen MR) is 175 cm³/mol. The standard InChI is InChI=1S/C35H36B2FNO7/c1-2-7-24-18-27-33(35(42)39(34(27)41)26-11-6-10-25(19-26)37(44)45)28-20-36(43)46-31(32(24)28)15-13-23(22-8-4-3-5-9-22)16-21-12-14-30(40)29(38)17-21/h3-6,8-12,14,16-17,19,27-28,31,33,40,43-45H,2,7,13,15,18,20H2,1H3/b23-16-/t27-,28+,31-,33-/m1/s1. The first-order valence-electron chi connectivity index (χ1n) is 15.8. The number of benzene rings is 3. The maximum atomic E-state index is 14.2. The molecule has 236 valence electrons. The summed E-state index contributed by atoms with van der Waals surface area (Å²) < 4.78 is 20.4. The summed E-state index contributed by atoms with van der Waals surface area (Å²) in [6.45, 7) is 2.06. The molecular weight excluding hydrogens is 587 g/mol. The quantitative estimate of drug-likeness (QED) is 0.121. The number of rotatable bonds is 9. The maximum Gasteiger partial charge on any atom is 0.488 e. The van der Waals surface area contributed by atoms with Crippen molar-refractivity contribution in [3.63, 3.8) is 0 Å². The molecule has 0 aromatic heterocycles. The van der Waals surface area contributed by atoms with E-state index in [-0.39, 0.29) is 23.6 Å². The molecule has 11 heteroatoms. The summed E-state index contributed by atoms with van der Waals surface area (Å²) in [6, 6.07) is 20.1. The minimum atomic E-state index is -1.74. The van der Waals surface area contributed by atoms with Crippen molar-refractivity contribution < 1.29 is 38.8 Å². The lowest BCUT2D eigenvalue weighted by Gasteiger charge is -2.43. The Kier molecular flexibility index (Phi) is 9.29. The molecule has 2 saturated heterocycles. The number of aromatic hydroxyl groups is 1. The van der Waals surface area contributed by atoms with E-state index in [4.69, 9.17) is 4.65 Å². The monoisotopic (exact) mass is 623 g/mol. The number of hydrogen-bond acceptors (Lipinski definition) is 7. The number of allylic oxidation sites excluding steroid dienone is 2. The number of phenols is 1. The predicted octanol–water partition coefficient (Wildman–Crippen LogP) is 4.33. The van der Waals surface area contributed by atoms with Crippen LogP contribution in [0.15, 0.2) is 83.9 Å². The van der Waals surface area contributed by atoms with Crippen LogP contribution in [0.5, 0.6) is 5.75 Å². The highest BCUT2D eigenvalue weighted by Crippen LogP contribution is 2.52. The van der Waals surface area contributed by atoms with Gasteiger partial charge in [0.05, 0.1) is 23.6 Å². The molecule has 2 fully saturated rings. The van der Waals surface area contributed by atoms with Crippen LogP contribution in [0.2, 0.25) is 6.32 Å². The lowest BCUT2D eigenvalue weighted by atomic mass is 9.58. The molecule has 0 radical (unpaired) electrons. The molecule has 4 N–H and O–H groups in total. The first kappa shape index (κ1) is 31.9. The summed E-state index contributed by atoms with van der Waals surface area (Å²) in [5, 5.41) is 40.0. The van der Waals surface area contributed by atoms with Gasteiger partial charge < -0.3 is 24.8 Å². The van der Waals surface area contributed by atoms with Crippen LogP contribution in [-0.4, -0.2) is 52.3 Å². The molecule has 46 heavy (non-hydrogen) atoms. The van der Waals surface area contributed by atoms with E-state index in [1.54, 1.807) is 18.2 Å². The topological polar surface area (TPSA) is 128 Å². The molecular formula is C35H36B2FNO7. The van der Waals surface area contributed by atoms with Gasteiger partial charge in [-0.15, -0.1) is 0 Å². The second-order valence-electron chi connectivity index (χ2n) is 12.3. The lowest BCUT2D eigenvalue weighted by molar-refractivity contribution is -0.122. The zero-order chi connectivity index (χ0) is 32.5. The Hall–Kier alpha value is -4.02. The number of carbonyl (C=O) groups excluding carboxylic acids is 2. The van der Waals surface area contributed by atoms with Crippen LogP contribution < -0.4 is 10.4 Å². The third-order valence-corrected chi connectivity index (χ3v) is 9.42. The molecule has 8 nitrogen and oxygen atoms in total. The third kappa shape index (κ3) is 6.20. The number of hydrogen-bond donors (Lipinski definition) is 4. The fourth-order valence-electron chi connectivity index (χ4n) is 7.43. The largest absolute Gasteiger partial charge is 0.505 e. The Bertz CT molecular complexity index is 1700. The molecule has 0 spiro atoms. The lowest BCUT2D eigenvalue weighted by Crippen LogP contribution is -2.46. The minimum absolute atomic E-state index is 0.178. The van der Waals surface area contributed by atoms with Crippen LogP contribution in [0.25, 0.3) is 11.6 Å². The number of nitrogens with zero attached hydrogens (tertiary/aromatic N) is 1. The average Bonchev–Trinajstić information content (AvgIpc) is 3.30. The Labute approximate surface area is 268 Å². The highest BCUT2D eigenvalue weighted by molar-refractivity contribution is 6.58. The van der Waals surface area contributed by atoms with Crippen molar-refractivity contribution in [3.05, 3.63) is 101 Å². The number of carbonyl (C=O) groups is 2. The van der Waals surface area contributed by atoms with Crippen LogP contribution >= 0.6 is 0 Å². The zero-order valence-corrected chi connectivity index (χ0v) is 25.6. The molecule has 2 heterocycles. The van der Waals surface area contributed by atoms with E-state index < -0.39 is 49.7 Å². The van der Waals surface area contributed by atoms with Crippen molar-refractivity contribution in [1.82, 2.24) is 0 Å². The molecule has 4 atom stereocenters. The van der Waals surface area contributed by atoms with Gasteiger partial charge in [-0.1, -0.05) is 73.5 Å². The van der Waals surface area contributed by atoms with Gasteiger partial charge >= 0.3 is 14.2 Å². The molecule has 3 aliphatic rings. The molecule has 0 bridgehead atoms. The zero-order valence-electron chi connectivity index (χ0n) is 25.6. The maximum absolute atomic E-state index is 14.2. The van der Waals surface area contributed by atoms with Gasteiger partial charge in [-0.2, -0.15) is 0 Å². The van der Waals surface area contributed by atoms with Crippen LogP contribution in [0, 0.1) is 23.6 Å². The molecule has 6 rings (SSSR count). The summed E-state index contributed by atoms with van der Waals surface area (Å²) >= 11 is 0. The Balaban J connectivity index is 1.33. The minimum Gasteiger partial charge on any atom is -0.505 e. The van der Waals surface area contributed by atoms with Crippen molar-refractivity contribution in [2.75, 3.05) is 4.90 Å². The van der Waals surface area contributed by atoms with E-state index in [1.165, 1.54) is 24.3 Å². The summed E-state index contributed by atoms with van der Waals surface area (Å²) in [6.07, 6.45) is 4.55. The molecule has 3 aromatic carbocycles. The van der Waals surface area contributed by atoms with Crippen molar-refractivity contribution in [2.24, 2.45) is 17.8 Å². The fraction of sp³-hybridized carbons (Fsp3) is 0.314. The second-order valence-corrected chi connectivity index (χ2v) is 12.3. The second kappa shape index (κ2) is 13.4. The average molecular weight is 623 g/mol. The Morgan fingerprint density at radius 3 is 2.54 bits per heavy atom. The van der Waals surface area contributed by atoms with Crippen molar-refractivity contribution in [2.45, 2.75) is 51.5 Å². The van der Waals surface area contributed by atoms with Gasteiger partial charge in [0.15, 0.2) is 11.6 Å². The highest BCUT2D eigenvalue weighted by Gasteiger charge is 2.57. The summed E-state index contributed by atoms with van der Waals surface area (Å²) in [7, 11) is -2.87. The summed E-state index contributed by atoms with van der Waals surface area (Å²) in [5.41, 5.74) is 4.99. The molecule has 0 unspecified atom stereocenters. The molecule has 2 amide bonds. The fourth-order valence-corrected chi connectivity index (χ4v) is 7.43. The molecule has 2 aliphatic heterocycles. The summed E-state index contributed by atoms with van der Waals surface area (Å²) in [5.74, 6) is -3.45. The van der Waals surface area contributed by atoms with E-state index in [1.807, 2.05) is 36.4 Å². The van der Waals surface area contributed by atoms with Gasteiger partial charge in [0, 0.05) is 0 Å². The van der Waals surface area contributed by atoms with E-state index in [0.717, 1.165) is 40.0 Å². The van der Waals surface area contributed by atoms with Gasteiger partial charge in [0.2, 0.25) is 11.8 Å². The van der Waals surface area contributed by atoms with E-state index >= 15 is 0 Å². The Morgan fingerprint density at radius 1 is 1.04 bits per heavy atom. The first-order chi connectivity index (χ1) is 22.2. The Morgan fingerprint density at radius 2 is 1.83 bits per heavy atom. The van der Waals surface area contributed by atoms with Gasteiger partial charge in [0.25, 0.3) is 0 Å². The first-order valence-corrected chi connectivity index (χ1v) is 15.8. The highest BCUT2D eigenvalue weighted by atomic mass is 19.1. The van der Waals surface area contributed by atoms with Crippen LogP contribution in [0.1, 0.15) is 50.2 Å². The van der Waals surface area contributed by atoms with Gasteiger partial charge in [0.1, 0.15) is 0 Å². The van der Waals surface area contributed by atoms with Gasteiger partial charge in [-0.3, -0.25) is 14.5 Å². The summed E-state index contributed by atoms with van der Waals surface area (Å²) in [4.78, 5) is 29.0. The number of fused-ring (bicyclic) bond motifs is 3. The van der Waals surface area contributed by atoms with Crippen LogP contribution in [-0.2, 0) is 14.2 Å². The number of phenolic OH excluding ortho intramolecular Hbond substituents is 1. The molecule has 1 aliphatic carbocycles. The normalized spacial score (nSPS) is 23.1. The molecule has 0 saturated carbocycles. The van der Waals surface area contributed by atoms with Gasteiger partial charge in [-0.25, -0.2) is 4.39 Å². The van der Waals surface area contributed by atoms with E-state index in [0.29, 0.717) is 30.5 Å². The van der Waals surface area contributed by atoms with Gasteiger partial charge in [-0.05, 0) is 89.9 Å². The van der Waals surface area contributed by atoms with E-state index in [9.17, 15) is 34.2 Å². The number of halogens is 1. The van der Waals surface area contributed by atoms with Crippen LogP contribution in [0.3, 0.4) is 0 Å². The smallest absolute Gasteiger partial charge is 0.488 e. The molecule has 3 aromatic rings. The number of amides is 2. The third-order valence-electron chi connectivity index (χ3n) is 9.42. The van der Waals surface area contributed by atoms with Crippen molar-refractivity contribution in [1.29, 1.82) is 0 Å². The van der Waals surface area contributed by atoms with Crippen LogP contribution in [0.4, 0.5) is 10.1 Å². The van der Waals surface area contributed by atoms with Crippen molar-refractivity contribution in [3.8, 4) is 5.75 Å².